The van der Waals surface area contributed by atoms with Gasteiger partial charge in [-0.15, -0.1) is 0 Å². The highest BCUT2D eigenvalue weighted by Gasteiger charge is 2.32. The van der Waals surface area contributed by atoms with Gasteiger partial charge in [0, 0.05) is 23.9 Å². The van der Waals surface area contributed by atoms with Crippen LogP contribution in [0.2, 0.25) is 0 Å². The number of unbranched alkanes of at least 4 members (excludes halogenated alkanes) is 4. The van der Waals surface area contributed by atoms with Crippen LogP contribution in [-0.2, 0) is 4.79 Å². The Bertz CT molecular complexity index is 1270. The average Bonchev–Trinajstić information content (AvgIpc) is 3.44. The monoisotopic (exact) mass is 533 g/mol. The van der Waals surface area contributed by atoms with Gasteiger partial charge in [0.15, 0.2) is 0 Å². The maximum Gasteiger partial charge on any atom is 0.266 e. The minimum atomic E-state index is -0.0107. The highest BCUT2D eigenvalue weighted by atomic mass is 32.2. The van der Waals surface area contributed by atoms with E-state index in [0.29, 0.717) is 22.4 Å². The van der Waals surface area contributed by atoms with E-state index < -0.39 is 0 Å². The van der Waals surface area contributed by atoms with Gasteiger partial charge in [0.1, 0.15) is 15.8 Å². The molecule has 2 heterocycles. The lowest BCUT2D eigenvalue weighted by Crippen LogP contribution is -2.29. The van der Waals surface area contributed by atoms with E-state index in [-0.39, 0.29) is 5.91 Å². The Morgan fingerprint density at radius 2 is 1.81 bits per heavy atom. The van der Waals surface area contributed by atoms with Crippen molar-refractivity contribution in [2.75, 3.05) is 13.2 Å². The summed E-state index contributed by atoms with van der Waals surface area (Å²) < 4.78 is 8.38. The molecular weight excluding hydrogens is 498 g/mol. The number of benzene rings is 2. The predicted molar refractivity (Wildman–Crippen MR) is 158 cm³/mol. The zero-order valence-corrected chi connectivity index (χ0v) is 23.5. The summed E-state index contributed by atoms with van der Waals surface area (Å²) in [5.74, 6) is 0.873. The van der Waals surface area contributed by atoms with Gasteiger partial charge in [0.2, 0.25) is 0 Å². The Labute approximate surface area is 229 Å². The second-order valence-corrected chi connectivity index (χ2v) is 11.0. The molecule has 2 aromatic carbocycles. The Morgan fingerprint density at radius 3 is 2.54 bits per heavy atom. The van der Waals surface area contributed by atoms with Gasteiger partial charge in [-0.2, -0.15) is 5.10 Å². The lowest BCUT2D eigenvalue weighted by molar-refractivity contribution is -0.122. The quantitative estimate of drug-likeness (QED) is 0.135. The molecule has 194 valence electrons. The molecule has 1 aliphatic rings. The molecule has 3 aromatic rings. The van der Waals surface area contributed by atoms with Crippen molar-refractivity contribution in [3.8, 4) is 22.7 Å². The van der Waals surface area contributed by atoms with Gasteiger partial charge < -0.3 is 4.74 Å². The van der Waals surface area contributed by atoms with Gasteiger partial charge >= 0.3 is 0 Å². The van der Waals surface area contributed by atoms with Crippen molar-refractivity contribution >= 4 is 40.3 Å². The number of aryl methyl sites for hydroxylation is 1. The molecule has 0 N–H and O–H groups in total. The van der Waals surface area contributed by atoms with Crippen LogP contribution in [0.4, 0.5) is 0 Å². The first-order valence-corrected chi connectivity index (χ1v) is 14.4. The SMILES string of the molecule is CCCCCCCN1C(=O)/C(=C/c2cn(-c3ccccc3)nc2-c2ccc(OCCC)c(C)c2)SC1=S. The summed E-state index contributed by atoms with van der Waals surface area (Å²) in [5.41, 5.74) is 4.70. The smallest absolute Gasteiger partial charge is 0.266 e. The van der Waals surface area contributed by atoms with E-state index in [1.165, 1.54) is 31.0 Å². The Morgan fingerprint density at radius 1 is 1.03 bits per heavy atom. The van der Waals surface area contributed by atoms with Gasteiger partial charge in [-0.1, -0.05) is 81.7 Å². The van der Waals surface area contributed by atoms with E-state index in [0.717, 1.165) is 53.1 Å². The number of rotatable bonds is 12. The van der Waals surface area contributed by atoms with Crippen molar-refractivity contribution in [3.05, 3.63) is 70.8 Å². The number of carbonyl (C=O) groups is 1. The van der Waals surface area contributed by atoms with E-state index in [9.17, 15) is 4.79 Å². The molecule has 0 bridgehead atoms. The molecule has 0 unspecified atom stereocenters. The number of hydrogen-bond acceptors (Lipinski definition) is 5. The average molecular weight is 534 g/mol. The normalized spacial score (nSPS) is 14.7. The Balaban J connectivity index is 1.64. The molecule has 37 heavy (non-hydrogen) atoms. The van der Waals surface area contributed by atoms with Gasteiger partial charge in [-0.05, 0) is 61.7 Å². The first kappa shape index (κ1) is 27.1. The zero-order chi connectivity index (χ0) is 26.2. The van der Waals surface area contributed by atoms with Crippen molar-refractivity contribution in [2.24, 2.45) is 0 Å². The van der Waals surface area contributed by atoms with Gasteiger partial charge in [-0.25, -0.2) is 4.68 Å². The molecule has 0 spiro atoms. The minimum absolute atomic E-state index is 0.0107. The van der Waals surface area contributed by atoms with E-state index >= 15 is 0 Å². The maximum absolute atomic E-state index is 13.3. The fraction of sp³-hybridized carbons (Fsp3) is 0.367. The van der Waals surface area contributed by atoms with Crippen LogP contribution in [0.3, 0.4) is 0 Å². The van der Waals surface area contributed by atoms with Crippen LogP contribution in [0.25, 0.3) is 23.0 Å². The van der Waals surface area contributed by atoms with Crippen LogP contribution in [0, 0.1) is 6.92 Å². The number of carbonyl (C=O) groups excluding carboxylic acids is 1. The number of nitrogens with zero attached hydrogens (tertiary/aromatic N) is 3. The number of thiocarbonyl (C=S) groups is 1. The third-order valence-electron chi connectivity index (χ3n) is 6.32. The van der Waals surface area contributed by atoms with E-state index in [4.69, 9.17) is 22.1 Å². The molecule has 1 amide bonds. The molecule has 0 aliphatic carbocycles. The topological polar surface area (TPSA) is 47.4 Å². The molecule has 4 rings (SSSR count). The molecule has 0 radical (unpaired) electrons. The number of hydrogen-bond donors (Lipinski definition) is 0. The summed E-state index contributed by atoms with van der Waals surface area (Å²) in [6, 6.07) is 16.1. The number of para-hydroxylation sites is 1. The molecule has 5 nitrogen and oxygen atoms in total. The van der Waals surface area contributed by atoms with Crippen LogP contribution in [-0.4, -0.2) is 38.1 Å². The number of ether oxygens (including phenoxy) is 1. The predicted octanol–water partition coefficient (Wildman–Crippen LogP) is 7.81. The molecule has 0 atom stereocenters. The minimum Gasteiger partial charge on any atom is -0.493 e. The second-order valence-electron chi connectivity index (χ2n) is 9.29. The second kappa shape index (κ2) is 13.1. The van der Waals surface area contributed by atoms with Crippen molar-refractivity contribution < 1.29 is 9.53 Å². The van der Waals surface area contributed by atoms with E-state index in [1.807, 2.05) is 66.3 Å². The van der Waals surface area contributed by atoms with Crippen molar-refractivity contribution in [2.45, 2.75) is 59.3 Å². The molecule has 1 aliphatic heterocycles. The summed E-state index contributed by atoms with van der Waals surface area (Å²) in [7, 11) is 0. The standard InChI is InChI=1S/C30H35N3O2S2/c1-4-6-7-8-12-17-32-29(34)27(37-30(32)36)20-24-21-33(25-13-10-9-11-14-25)31-28(24)23-15-16-26(22(3)19-23)35-18-5-2/h9-11,13-16,19-21H,4-8,12,17-18H2,1-3H3/b27-20-. The van der Waals surface area contributed by atoms with Crippen LogP contribution < -0.4 is 4.74 Å². The lowest BCUT2D eigenvalue weighted by atomic mass is 10.0. The van der Waals surface area contributed by atoms with Crippen LogP contribution in [0.5, 0.6) is 5.75 Å². The maximum atomic E-state index is 13.3. The zero-order valence-electron chi connectivity index (χ0n) is 21.9. The molecule has 1 saturated heterocycles. The summed E-state index contributed by atoms with van der Waals surface area (Å²) >= 11 is 6.96. The summed E-state index contributed by atoms with van der Waals surface area (Å²) in [6.07, 6.45) is 10.6. The van der Waals surface area contributed by atoms with Crippen molar-refractivity contribution in [1.82, 2.24) is 14.7 Å². The van der Waals surface area contributed by atoms with Crippen molar-refractivity contribution in [3.63, 3.8) is 0 Å². The molecular formula is C30H35N3O2S2. The number of thioether (sulfide) groups is 1. The van der Waals surface area contributed by atoms with Gasteiger partial charge in [0.05, 0.1) is 17.2 Å². The summed E-state index contributed by atoms with van der Waals surface area (Å²) in [4.78, 5) is 15.7. The molecule has 7 heteroatoms. The Hall–Kier alpha value is -2.90. The first-order chi connectivity index (χ1) is 18.0. The van der Waals surface area contributed by atoms with Crippen LogP contribution in [0.1, 0.15) is 63.5 Å². The molecule has 1 aromatic heterocycles. The third kappa shape index (κ3) is 6.70. The highest BCUT2D eigenvalue weighted by molar-refractivity contribution is 8.26. The van der Waals surface area contributed by atoms with E-state index in [2.05, 4.69) is 19.9 Å². The number of aromatic nitrogens is 2. The first-order valence-electron chi connectivity index (χ1n) is 13.2. The third-order valence-corrected chi connectivity index (χ3v) is 7.70. The molecule has 0 saturated carbocycles. The molecule has 1 fully saturated rings. The van der Waals surface area contributed by atoms with E-state index in [1.54, 1.807) is 4.90 Å². The summed E-state index contributed by atoms with van der Waals surface area (Å²) in [5, 5.41) is 4.93. The highest BCUT2D eigenvalue weighted by Crippen LogP contribution is 2.36. The summed E-state index contributed by atoms with van der Waals surface area (Å²) in [6.45, 7) is 7.72. The van der Waals surface area contributed by atoms with Crippen LogP contribution >= 0.6 is 24.0 Å². The fourth-order valence-electron chi connectivity index (χ4n) is 4.31. The van der Waals surface area contributed by atoms with Crippen molar-refractivity contribution in [1.29, 1.82) is 0 Å². The fourth-order valence-corrected chi connectivity index (χ4v) is 5.61. The Kier molecular flexibility index (Phi) is 9.58. The van der Waals surface area contributed by atoms with Crippen LogP contribution in [0.15, 0.2) is 59.6 Å². The van der Waals surface area contributed by atoms with Gasteiger partial charge in [0.25, 0.3) is 5.91 Å². The number of amides is 1. The largest absolute Gasteiger partial charge is 0.493 e. The lowest BCUT2D eigenvalue weighted by Gasteiger charge is -2.13. The van der Waals surface area contributed by atoms with Gasteiger partial charge in [-0.3, -0.25) is 9.69 Å².